The van der Waals surface area contributed by atoms with E-state index in [1.807, 2.05) is 0 Å². The summed E-state index contributed by atoms with van der Waals surface area (Å²) in [6.07, 6.45) is 6.73. The van der Waals surface area contributed by atoms with E-state index in [-0.39, 0.29) is 0 Å². The summed E-state index contributed by atoms with van der Waals surface area (Å²) < 4.78 is 0. The van der Waals surface area contributed by atoms with Crippen molar-refractivity contribution in [2.24, 2.45) is 5.92 Å². The van der Waals surface area contributed by atoms with E-state index >= 15 is 0 Å². The first-order valence-corrected chi connectivity index (χ1v) is 3.35. The van der Waals surface area contributed by atoms with Crippen LogP contribution in [0.1, 0.15) is 12.8 Å². The second-order valence-corrected chi connectivity index (χ2v) is 2.61. The third-order valence-electron chi connectivity index (χ3n) is 1.61. The van der Waals surface area contributed by atoms with Crippen molar-refractivity contribution in [3.05, 3.63) is 12.2 Å². The Bertz CT molecular complexity index is 109. The van der Waals surface area contributed by atoms with E-state index in [0.29, 0.717) is 5.92 Å². The SMILES string of the molecule is CN(O)C[C@@H]1C=CCC1. The first-order chi connectivity index (χ1) is 4.29. The minimum Gasteiger partial charge on any atom is -0.314 e. The molecule has 0 radical (unpaired) electrons. The van der Waals surface area contributed by atoms with Gasteiger partial charge >= 0.3 is 0 Å². The van der Waals surface area contributed by atoms with Crippen molar-refractivity contribution in [3.63, 3.8) is 0 Å². The fourth-order valence-corrected chi connectivity index (χ4v) is 1.19. The van der Waals surface area contributed by atoms with E-state index in [9.17, 15) is 0 Å². The van der Waals surface area contributed by atoms with Gasteiger partial charge in [0.05, 0.1) is 0 Å². The lowest BCUT2D eigenvalue weighted by Gasteiger charge is -2.11. The summed E-state index contributed by atoms with van der Waals surface area (Å²) in [4.78, 5) is 0. The van der Waals surface area contributed by atoms with Crippen molar-refractivity contribution >= 4 is 0 Å². The third-order valence-corrected chi connectivity index (χ3v) is 1.61. The van der Waals surface area contributed by atoms with E-state index < -0.39 is 0 Å². The molecule has 1 aliphatic rings. The largest absolute Gasteiger partial charge is 0.314 e. The smallest absolute Gasteiger partial charge is 0.0298 e. The second-order valence-electron chi connectivity index (χ2n) is 2.61. The molecule has 0 heterocycles. The van der Waals surface area contributed by atoms with Gasteiger partial charge in [0, 0.05) is 13.6 Å². The highest BCUT2D eigenvalue weighted by Crippen LogP contribution is 2.16. The van der Waals surface area contributed by atoms with Crippen LogP contribution in [0.4, 0.5) is 0 Å². The summed E-state index contributed by atoms with van der Waals surface area (Å²) in [5.41, 5.74) is 0. The van der Waals surface area contributed by atoms with Crippen molar-refractivity contribution in [1.82, 2.24) is 5.06 Å². The zero-order valence-corrected chi connectivity index (χ0v) is 5.75. The van der Waals surface area contributed by atoms with Gasteiger partial charge in [-0.1, -0.05) is 12.2 Å². The molecule has 0 unspecified atom stereocenters. The van der Waals surface area contributed by atoms with Crippen molar-refractivity contribution in [2.75, 3.05) is 13.6 Å². The molecule has 0 fully saturated rings. The molecule has 2 nitrogen and oxygen atoms in total. The maximum atomic E-state index is 8.81. The van der Waals surface area contributed by atoms with Gasteiger partial charge in [0.1, 0.15) is 0 Å². The van der Waals surface area contributed by atoms with Crippen LogP contribution in [0.3, 0.4) is 0 Å². The van der Waals surface area contributed by atoms with Gasteiger partial charge in [-0.15, -0.1) is 0 Å². The van der Waals surface area contributed by atoms with Crippen LogP contribution in [0.2, 0.25) is 0 Å². The summed E-state index contributed by atoms with van der Waals surface area (Å²) in [5, 5.41) is 10.1. The van der Waals surface area contributed by atoms with Gasteiger partial charge in [0.25, 0.3) is 0 Å². The summed E-state index contributed by atoms with van der Waals surface area (Å²) in [6, 6.07) is 0. The Morgan fingerprint density at radius 1 is 1.78 bits per heavy atom. The molecule has 0 amide bonds. The molecule has 0 aromatic carbocycles. The Balaban J connectivity index is 2.20. The Hall–Kier alpha value is -0.340. The summed E-state index contributed by atoms with van der Waals surface area (Å²) >= 11 is 0. The topological polar surface area (TPSA) is 23.5 Å². The van der Waals surface area contributed by atoms with Crippen LogP contribution in [-0.4, -0.2) is 23.9 Å². The summed E-state index contributed by atoms with van der Waals surface area (Å²) in [7, 11) is 1.69. The zero-order chi connectivity index (χ0) is 6.69. The Kier molecular flexibility index (Phi) is 2.25. The lowest BCUT2D eigenvalue weighted by atomic mass is 10.1. The van der Waals surface area contributed by atoms with Crippen molar-refractivity contribution in [2.45, 2.75) is 12.8 Å². The van der Waals surface area contributed by atoms with Gasteiger partial charge in [-0.2, -0.15) is 5.06 Å². The standard InChI is InChI=1S/C7H13NO/c1-8(9)6-7-4-2-3-5-7/h2,4,7,9H,3,5-6H2,1H3/t7-/m1/s1. The first-order valence-electron chi connectivity index (χ1n) is 3.35. The maximum Gasteiger partial charge on any atom is 0.0298 e. The van der Waals surface area contributed by atoms with Gasteiger partial charge in [-0.25, -0.2) is 0 Å². The maximum absolute atomic E-state index is 8.81. The average molecular weight is 127 g/mol. The van der Waals surface area contributed by atoms with Crippen LogP contribution in [0.5, 0.6) is 0 Å². The van der Waals surface area contributed by atoms with Crippen LogP contribution in [0.15, 0.2) is 12.2 Å². The summed E-state index contributed by atoms with van der Waals surface area (Å²) in [6.45, 7) is 0.774. The van der Waals surface area contributed by atoms with Gasteiger partial charge in [-0.05, 0) is 18.8 Å². The molecule has 9 heavy (non-hydrogen) atoms. The number of hydrogen-bond donors (Lipinski definition) is 1. The predicted octanol–water partition coefficient (Wildman–Crippen LogP) is 1.27. The zero-order valence-electron chi connectivity index (χ0n) is 5.75. The van der Waals surface area contributed by atoms with E-state index in [2.05, 4.69) is 12.2 Å². The van der Waals surface area contributed by atoms with Gasteiger partial charge in [-0.3, -0.25) is 0 Å². The normalized spacial score (nSPS) is 25.9. The van der Waals surface area contributed by atoms with Gasteiger partial charge in [0.15, 0.2) is 0 Å². The highest BCUT2D eigenvalue weighted by atomic mass is 16.5. The molecule has 0 aromatic heterocycles. The fraction of sp³-hybridized carbons (Fsp3) is 0.714. The molecule has 0 bridgehead atoms. The lowest BCUT2D eigenvalue weighted by molar-refractivity contribution is -0.0719. The van der Waals surface area contributed by atoms with Crippen LogP contribution in [0.25, 0.3) is 0 Å². The van der Waals surface area contributed by atoms with Gasteiger partial charge in [0.2, 0.25) is 0 Å². The number of hydrogen-bond acceptors (Lipinski definition) is 2. The van der Waals surface area contributed by atoms with Crippen LogP contribution >= 0.6 is 0 Å². The molecule has 2 heteroatoms. The van der Waals surface area contributed by atoms with E-state index in [4.69, 9.17) is 5.21 Å². The van der Waals surface area contributed by atoms with E-state index in [1.54, 1.807) is 7.05 Å². The van der Waals surface area contributed by atoms with E-state index in [0.717, 1.165) is 6.54 Å². The molecule has 0 saturated heterocycles. The van der Waals surface area contributed by atoms with E-state index in [1.165, 1.54) is 17.9 Å². The van der Waals surface area contributed by atoms with Crippen molar-refractivity contribution in [1.29, 1.82) is 0 Å². The molecule has 0 saturated carbocycles. The molecular weight excluding hydrogens is 114 g/mol. The van der Waals surface area contributed by atoms with Crippen molar-refractivity contribution < 1.29 is 5.21 Å². The second kappa shape index (κ2) is 2.99. The monoisotopic (exact) mass is 127 g/mol. The molecule has 1 atom stereocenters. The summed E-state index contributed by atoms with van der Waals surface area (Å²) in [5.74, 6) is 0.583. The third kappa shape index (κ3) is 2.16. The van der Waals surface area contributed by atoms with Gasteiger partial charge < -0.3 is 5.21 Å². The highest BCUT2D eigenvalue weighted by molar-refractivity contribution is 4.96. The molecule has 1 rings (SSSR count). The quantitative estimate of drug-likeness (QED) is 0.446. The molecule has 52 valence electrons. The first kappa shape index (κ1) is 6.78. The molecule has 0 spiro atoms. The van der Waals surface area contributed by atoms with Crippen molar-refractivity contribution in [3.8, 4) is 0 Å². The van der Waals surface area contributed by atoms with Crippen LogP contribution in [-0.2, 0) is 0 Å². The molecular formula is C7H13NO. The Morgan fingerprint density at radius 3 is 3.00 bits per heavy atom. The number of nitrogens with zero attached hydrogens (tertiary/aromatic N) is 1. The number of rotatable bonds is 2. The molecule has 0 aliphatic heterocycles. The Morgan fingerprint density at radius 2 is 2.56 bits per heavy atom. The molecule has 0 aromatic rings. The van der Waals surface area contributed by atoms with Crippen LogP contribution < -0.4 is 0 Å². The molecule has 1 N–H and O–H groups in total. The minimum absolute atomic E-state index is 0.583. The fourth-order valence-electron chi connectivity index (χ4n) is 1.19. The minimum atomic E-state index is 0.583. The Labute approximate surface area is 55.7 Å². The number of allylic oxidation sites excluding steroid dienone is 1. The molecule has 1 aliphatic carbocycles. The number of hydroxylamine groups is 2. The highest BCUT2D eigenvalue weighted by Gasteiger charge is 2.09. The van der Waals surface area contributed by atoms with Crippen LogP contribution in [0, 0.1) is 5.92 Å². The predicted molar refractivity (Wildman–Crippen MR) is 36.3 cm³/mol. The average Bonchev–Trinajstić information content (AvgIpc) is 2.15. The lowest BCUT2D eigenvalue weighted by Crippen LogP contribution is -2.19.